The molecule has 0 aliphatic carbocycles. The topological polar surface area (TPSA) is 91.2 Å². The van der Waals surface area contributed by atoms with Crippen molar-refractivity contribution in [1.29, 1.82) is 0 Å². The van der Waals surface area contributed by atoms with Gasteiger partial charge in [-0.05, 0) is 18.2 Å². The number of nitrogens with zero attached hydrogens (tertiary/aromatic N) is 6. The fourth-order valence-electron chi connectivity index (χ4n) is 2.70. The number of fused-ring (bicyclic) bond motifs is 1. The Morgan fingerprint density at radius 2 is 1.81 bits per heavy atom. The maximum Gasteiger partial charge on any atom is 0.262 e. The van der Waals surface area contributed by atoms with Gasteiger partial charge in [0.05, 0.1) is 24.2 Å². The number of ether oxygens (including phenoxy) is 1. The number of para-hydroxylation sites is 1. The molecule has 0 radical (unpaired) electrons. The number of rotatable bonds is 4. The highest BCUT2D eigenvalue weighted by Gasteiger charge is 2.18. The van der Waals surface area contributed by atoms with Gasteiger partial charge in [-0.2, -0.15) is 4.98 Å². The van der Waals surface area contributed by atoms with Gasteiger partial charge in [-0.1, -0.05) is 23.4 Å². The average Bonchev–Trinajstić information content (AvgIpc) is 3.36. The fourth-order valence-corrected chi connectivity index (χ4v) is 2.70. The minimum atomic E-state index is 0.335. The van der Waals surface area contributed by atoms with Gasteiger partial charge in [0.25, 0.3) is 5.89 Å². The molecule has 0 unspecified atom stereocenters. The van der Waals surface area contributed by atoms with Gasteiger partial charge in [0, 0.05) is 18.6 Å². The highest BCUT2D eigenvalue weighted by Crippen LogP contribution is 2.32. The van der Waals surface area contributed by atoms with Crippen molar-refractivity contribution in [2.75, 3.05) is 0 Å². The Morgan fingerprint density at radius 3 is 2.74 bits per heavy atom. The van der Waals surface area contributed by atoms with Gasteiger partial charge in [0.15, 0.2) is 11.4 Å². The Bertz CT molecular complexity index is 1220. The Morgan fingerprint density at radius 1 is 0.926 bits per heavy atom. The predicted octanol–water partition coefficient (Wildman–Crippen LogP) is 3.63. The molecule has 0 saturated heterocycles. The standard InChI is InChI=1S/C19H12N6O2/c1-2-4-13(5-3-1)26-16-11-20-7-6-14(16)19-23-18(24-27-19)15-10-22-17-12-21-8-9-25(15)17/h1-12H. The zero-order chi connectivity index (χ0) is 18.1. The molecule has 130 valence electrons. The number of benzene rings is 1. The van der Waals surface area contributed by atoms with Crippen LogP contribution in [0.4, 0.5) is 0 Å². The first-order chi connectivity index (χ1) is 13.4. The molecule has 0 saturated carbocycles. The molecule has 0 amide bonds. The van der Waals surface area contributed by atoms with Crippen LogP contribution in [0.3, 0.4) is 0 Å². The normalized spacial score (nSPS) is 11.0. The second-order valence-corrected chi connectivity index (χ2v) is 5.66. The zero-order valence-corrected chi connectivity index (χ0v) is 13.9. The van der Waals surface area contributed by atoms with Crippen molar-refractivity contribution in [1.82, 2.24) is 29.5 Å². The summed E-state index contributed by atoms with van der Waals surface area (Å²) in [4.78, 5) is 17.0. The molecular formula is C19H12N6O2. The molecular weight excluding hydrogens is 344 g/mol. The van der Waals surface area contributed by atoms with Gasteiger partial charge in [-0.15, -0.1) is 0 Å². The van der Waals surface area contributed by atoms with E-state index in [9.17, 15) is 0 Å². The Kier molecular flexibility index (Phi) is 3.57. The van der Waals surface area contributed by atoms with Crippen molar-refractivity contribution in [3.8, 4) is 34.5 Å². The van der Waals surface area contributed by atoms with Crippen LogP contribution in [0.1, 0.15) is 0 Å². The summed E-state index contributed by atoms with van der Waals surface area (Å²) in [5.74, 6) is 1.98. The van der Waals surface area contributed by atoms with E-state index in [0.717, 1.165) is 0 Å². The van der Waals surface area contributed by atoms with E-state index in [2.05, 4.69) is 25.1 Å². The molecule has 0 spiro atoms. The maximum atomic E-state index is 5.92. The van der Waals surface area contributed by atoms with Crippen LogP contribution in [-0.4, -0.2) is 29.5 Å². The molecule has 5 aromatic rings. The van der Waals surface area contributed by atoms with Crippen LogP contribution in [0.2, 0.25) is 0 Å². The van der Waals surface area contributed by atoms with E-state index in [1.54, 1.807) is 43.2 Å². The quantitative estimate of drug-likeness (QED) is 0.485. The van der Waals surface area contributed by atoms with Gasteiger partial charge in [0.2, 0.25) is 5.82 Å². The predicted molar refractivity (Wildman–Crippen MR) is 96.0 cm³/mol. The molecule has 4 heterocycles. The van der Waals surface area contributed by atoms with E-state index in [-0.39, 0.29) is 0 Å². The van der Waals surface area contributed by atoms with E-state index < -0.39 is 0 Å². The summed E-state index contributed by atoms with van der Waals surface area (Å²) in [5.41, 5.74) is 2.07. The van der Waals surface area contributed by atoms with Crippen molar-refractivity contribution in [3.05, 3.63) is 73.6 Å². The fraction of sp³-hybridized carbons (Fsp3) is 0. The molecule has 0 fully saturated rings. The lowest BCUT2D eigenvalue weighted by Crippen LogP contribution is -1.91. The molecule has 8 nitrogen and oxygen atoms in total. The van der Waals surface area contributed by atoms with Crippen molar-refractivity contribution in [3.63, 3.8) is 0 Å². The van der Waals surface area contributed by atoms with E-state index in [1.807, 2.05) is 34.7 Å². The molecule has 0 atom stereocenters. The van der Waals surface area contributed by atoms with E-state index in [1.165, 1.54) is 0 Å². The van der Waals surface area contributed by atoms with E-state index in [0.29, 0.717) is 40.1 Å². The van der Waals surface area contributed by atoms with Crippen molar-refractivity contribution >= 4 is 5.65 Å². The second-order valence-electron chi connectivity index (χ2n) is 5.66. The summed E-state index contributed by atoms with van der Waals surface area (Å²) < 4.78 is 13.2. The van der Waals surface area contributed by atoms with Crippen LogP contribution in [0.15, 0.2) is 78.1 Å². The van der Waals surface area contributed by atoms with Crippen LogP contribution in [0.25, 0.3) is 28.6 Å². The molecule has 4 aromatic heterocycles. The van der Waals surface area contributed by atoms with Crippen LogP contribution >= 0.6 is 0 Å². The van der Waals surface area contributed by atoms with Crippen LogP contribution in [0, 0.1) is 0 Å². The molecule has 0 N–H and O–H groups in total. The Balaban J connectivity index is 1.54. The minimum absolute atomic E-state index is 0.335. The van der Waals surface area contributed by atoms with Crippen molar-refractivity contribution < 1.29 is 9.26 Å². The van der Waals surface area contributed by atoms with Crippen molar-refractivity contribution in [2.24, 2.45) is 0 Å². The number of aromatic nitrogens is 6. The molecule has 0 bridgehead atoms. The van der Waals surface area contributed by atoms with Crippen LogP contribution in [-0.2, 0) is 0 Å². The lowest BCUT2D eigenvalue weighted by atomic mass is 10.2. The average molecular weight is 356 g/mol. The Labute approximate surface area is 153 Å². The lowest BCUT2D eigenvalue weighted by molar-refractivity contribution is 0.426. The van der Waals surface area contributed by atoms with Crippen LogP contribution < -0.4 is 4.74 Å². The van der Waals surface area contributed by atoms with Gasteiger partial charge in [-0.25, -0.2) is 4.98 Å². The zero-order valence-electron chi connectivity index (χ0n) is 13.9. The van der Waals surface area contributed by atoms with E-state index >= 15 is 0 Å². The smallest absolute Gasteiger partial charge is 0.262 e. The van der Waals surface area contributed by atoms with Gasteiger partial charge < -0.3 is 9.26 Å². The highest BCUT2D eigenvalue weighted by molar-refractivity contribution is 5.65. The summed E-state index contributed by atoms with van der Waals surface area (Å²) in [6, 6.07) is 11.2. The van der Waals surface area contributed by atoms with Crippen LogP contribution in [0.5, 0.6) is 11.5 Å². The third-order valence-corrected chi connectivity index (χ3v) is 3.96. The van der Waals surface area contributed by atoms with Crippen molar-refractivity contribution in [2.45, 2.75) is 0 Å². The number of hydrogen-bond donors (Lipinski definition) is 0. The number of imidazole rings is 1. The summed E-state index contributed by atoms with van der Waals surface area (Å²) in [6.07, 6.45) is 10.1. The SMILES string of the molecule is c1ccc(Oc2cnccc2-c2nc(-c3cnc4cnccn34)no2)cc1. The first kappa shape index (κ1) is 15.2. The third-order valence-electron chi connectivity index (χ3n) is 3.96. The summed E-state index contributed by atoms with van der Waals surface area (Å²) in [6.45, 7) is 0. The lowest BCUT2D eigenvalue weighted by Gasteiger charge is -2.07. The van der Waals surface area contributed by atoms with Gasteiger partial charge in [-0.3, -0.25) is 14.4 Å². The van der Waals surface area contributed by atoms with Gasteiger partial charge in [0.1, 0.15) is 11.4 Å². The maximum absolute atomic E-state index is 5.92. The minimum Gasteiger partial charge on any atom is -0.455 e. The summed E-state index contributed by atoms with van der Waals surface area (Å²) in [7, 11) is 0. The summed E-state index contributed by atoms with van der Waals surface area (Å²) >= 11 is 0. The molecule has 1 aromatic carbocycles. The highest BCUT2D eigenvalue weighted by atomic mass is 16.5. The molecule has 5 rings (SSSR count). The van der Waals surface area contributed by atoms with E-state index in [4.69, 9.17) is 9.26 Å². The molecule has 0 aliphatic heterocycles. The third kappa shape index (κ3) is 2.78. The molecule has 0 aliphatic rings. The van der Waals surface area contributed by atoms with Gasteiger partial charge >= 0.3 is 0 Å². The number of pyridine rings is 1. The Hall–Kier alpha value is -4.07. The first-order valence-electron chi connectivity index (χ1n) is 8.17. The first-order valence-corrected chi connectivity index (χ1v) is 8.17. The largest absolute Gasteiger partial charge is 0.455 e. The summed E-state index contributed by atoms with van der Waals surface area (Å²) in [5, 5.41) is 4.09. The monoisotopic (exact) mass is 356 g/mol. The molecule has 27 heavy (non-hydrogen) atoms. The second kappa shape index (κ2) is 6.34. The number of hydrogen-bond acceptors (Lipinski definition) is 7. The molecule has 8 heteroatoms.